The first-order valence-corrected chi connectivity index (χ1v) is 8.24. The third-order valence-corrected chi connectivity index (χ3v) is 4.05. The van der Waals surface area contributed by atoms with Crippen LogP contribution in [0.15, 0.2) is 54.3 Å². The fourth-order valence-corrected chi connectivity index (χ4v) is 2.82. The van der Waals surface area contributed by atoms with E-state index in [4.69, 9.17) is 9.47 Å². The lowest BCUT2D eigenvalue weighted by atomic mass is 10.0. The van der Waals surface area contributed by atoms with E-state index in [-0.39, 0.29) is 17.3 Å². The maximum atomic E-state index is 12.6. The topological polar surface area (TPSA) is 59.0 Å². The number of benzene rings is 2. The second-order valence-corrected chi connectivity index (χ2v) is 6.24. The number of ether oxygens (including phenoxy) is 2. The highest BCUT2D eigenvalue weighted by atomic mass is 16.5. The summed E-state index contributed by atoms with van der Waals surface area (Å²) in [6.45, 7) is 0.479. The van der Waals surface area contributed by atoms with Gasteiger partial charge in [-0.15, -0.1) is 0 Å². The first-order valence-electron chi connectivity index (χ1n) is 8.24. The lowest BCUT2D eigenvalue weighted by Crippen LogP contribution is -2.11. The van der Waals surface area contributed by atoms with Crippen molar-refractivity contribution in [2.75, 3.05) is 21.2 Å². The predicted molar refractivity (Wildman–Crippen MR) is 101 cm³/mol. The number of Topliss-reactive ketones (excluding diaryl/α,β-unsaturated/α-hetero) is 1. The van der Waals surface area contributed by atoms with Crippen LogP contribution in [0.4, 0.5) is 0 Å². The number of para-hydroxylation sites is 1. The zero-order valence-corrected chi connectivity index (χ0v) is 15.0. The van der Waals surface area contributed by atoms with E-state index in [0.29, 0.717) is 23.4 Å². The van der Waals surface area contributed by atoms with Gasteiger partial charge in [0.2, 0.25) is 5.78 Å². The first-order chi connectivity index (χ1) is 12.5. The van der Waals surface area contributed by atoms with Crippen LogP contribution in [-0.4, -0.2) is 37.0 Å². The summed E-state index contributed by atoms with van der Waals surface area (Å²) in [7, 11) is 5.40. The van der Waals surface area contributed by atoms with Crippen LogP contribution in [0.2, 0.25) is 0 Å². The Balaban J connectivity index is 1.88. The van der Waals surface area contributed by atoms with Gasteiger partial charge in [-0.2, -0.15) is 0 Å². The summed E-state index contributed by atoms with van der Waals surface area (Å²) in [5, 5.41) is 10.1. The average Bonchev–Trinajstić information content (AvgIpc) is 2.94. The van der Waals surface area contributed by atoms with Gasteiger partial charge in [-0.05, 0) is 38.4 Å². The molecule has 0 atom stereocenters. The van der Waals surface area contributed by atoms with E-state index in [0.717, 1.165) is 11.3 Å². The number of allylic oxidation sites excluding steroid dienone is 3. The van der Waals surface area contributed by atoms with Crippen molar-refractivity contribution in [1.29, 1.82) is 0 Å². The molecule has 3 rings (SSSR count). The third kappa shape index (κ3) is 3.48. The van der Waals surface area contributed by atoms with Crippen LogP contribution < -0.4 is 9.47 Å². The SMILES string of the molecule is COc1ccccc1C=C/C=C1/Oc2c(ccc(O)c2CN(C)C)C1=O. The number of hydrogen-bond acceptors (Lipinski definition) is 5. The van der Waals surface area contributed by atoms with Crippen molar-refractivity contribution >= 4 is 11.9 Å². The lowest BCUT2D eigenvalue weighted by Gasteiger charge is -2.13. The van der Waals surface area contributed by atoms with E-state index in [1.165, 1.54) is 6.07 Å². The van der Waals surface area contributed by atoms with Crippen molar-refractivity contribution in [2.45, 2.75) is 6.54 Å². The van der Waals surface area contributed by atoms with Crippen LogP contribution in [0.3, 0.4) is 0 Å². The zero-order chi connectivity index (χ0) is 18.7. The highest BCUT2D eigenvalue weighted by Crippen LogP contribution is 2.39. The Morgan fingerprint density at radius 1 is 1.19 bits per heavy atom. The molecule has 26 heavy (non-hydrogen) atoms. The number of ketones is 1. The van der Waals surface area contributed by atoms with Crippen LogP contribution in [-0.2, 0) is 6.54 Å². The van der Waals surface area contributed by atoms with Gasteiger partial charge < -0.3 is 19.5 Å². The molecule has 1 aliphatic heterocycles. The molecule has 1 heterocycles. The number of phenols is 1. The molecular formula is C21H21NO4. The number of carbonyl (C=O) groups is 1. The van der Waals surface area contributed by atoms with Crippen molar-refractivity contribution in [3.05, 3.63) is 71.0 Å². The Morgan fingerprint density at radius 3 is 2.69 bits per heavy atom. The summed E-state index contributed by atoms with van der Waals surface area (Å²) < 4.78 is 11.1. The molecule has 0 radical (unpaired) electrons. The van der Waals surface area contributed by atoms with E-state index in [9.17, 15) is 9.90 Å². The van der Waals surface area contributed by atoms with Crippen LogP contribution in [0.25, 0.3) is 6.08 Å². The number of aromatic hydroxyl groups is 1. The largest absolute Gasteiger partial charge is 0.507 e. The van der Waals surface area contributed by atoms with Gasteiger partial charge in [0.15, 0.2) is 5.76 Å². The van der Waals surface area contributed by atoms with E-state index in [1.807, 2.05) is 49.3 Å². The molecule has 134 valence electrons. The second-order valence-electron chi connectivity index (χ2n) is 6.24. The molecule has 0 fully saturated rings. The van der Waals surface area contributed by atoms with Gasteiger partial charge in [0, 0.05) is 12.1 Å². The van der Waals surface area contributed by atoms with Gasteiger partial charge in [-0.3, -0.25) is 4.79 Å². The lowest BCUT2D eigenvalue weighted by molar-refractivity contribution is 0.101. The predicted octanol–water partition coefficient (Wildman–Crippen LogP) is 3.63. The minimum Gasteiger partial charge on any atom is -0.507 e. The van der Waals surface area contributed by atoms with Gasteiger partial charge in [0.25, 0.3) is 0 Å². The highest BCUT2D eigenvalue weighted by Gasteiger charge is 2.30. The molecule has 5 heteroatoms. The molecular weight excluding hydrogens is 330 g/mol. The standard InChI is InChI=1S/C21H21NO4/c1-22(2)13-16-17(23)12-11-15-20(24)19(26-21(15)16)10-6-8-14-7-4-5-9-18(14)25-3/h4-12,23H,13H2,1-3H3/b8-6?,19-10+. The quantitative estimate of drug-likeness (QED) is 0.834. The van der Waals surface area contributed by atoms with Crippen molar-refractivity contribution in [2.24, 2.45) is 0 Å². The first kappa shape index (κ1) is 17.8. The molecule has 0 bridgehead atoms. The van der Waals surface area contributed by atoms with Crippen molar-refractivity contribution in [1.82, 2.24) is 4.90 Å². The Bertz CT molecular complexity index is 897. The Labute approximate surface area is 152 Å². The third-order valence-electron chi connectivity index (χ3n) is 4.05. The van der Waals surface area contributed by atoms with Gasteiger partial charge in [-0.25, -0.2) is 0 Å². The van der Waals surface area contributed by atoms with E-state index < -0.39 is 0 Å². The normalized spacial score (nSPS) is 14.9. The van der Waals surface area contributed by atoms with E-state index in [1.54, 1.807) is 25.3 Å². The molecule has 2 aromatic carbocycles. The van der Waals surface area contributed by atoms with Crippen LogP contribution >= 0.6 is 0 Å². The average molecular weight is 351 g/mol. The number of phenolic OH excluding ortho intramolecular Hbond substituents is 1. The molecule has 2 aromatic rings. The number of methoxy groups -OCH3 is 1. The van der Waals surface area contributed by atoms with E-state index in [2.05, 4.69) is 0 Å². The fourth-order valence-electron chi connectivity index (χ4n) is 2.82. The van der Waals surface area contributed by atoms with Crippen LogP contribution in [0, 0.1) is 0 Å². The van der Waals surface area contributed by atoms with Gasteiger partial charge in [0.05, 0.1) is 18.2 Å². The number of rotatable bonds is 5. The molecule has 0 spiro atoms. The smallest absolute Gasteiger partial charge is 0.231 e. The van der Waals surface area contributed by atoms with E-state index >= 15 is 0 Å². The molecule has 1 N–H and O–H groups in total. The number of hydrogen-bond donors (Lipinski definition) is 1. The van der Waals surface area contributed by atoms with Crippen molar-refractivity contribution < 1.29 is 19.4 Å². The molecule has 0 unspecified atom stereocenters. The highest BCUT2D eigenvalue weighted by molar-refractivity contribution is 6.12. The van der Waals surface area contributed by atoms with Gasteiger partial charge in [-0.1, -0.05) is 30.4 Å². The van der Waals surface area contributed by atoms with Crippen molar-refractivity contribution in [3.8, 4) is 17.2 Å². The Kier molecular flexibility index (Phi) is 5.09. The number of nitrogens with zero attached hydrogens (tertiary/aromatic N) is 1. The summed E-state index contributed by atoms with van der Waals surface area (Å²) in [6.07, 6.45) is 5.23. The molecule has 1 aliphatic rings. The Morgan fingerprint density at radius 2 is 1.96 bits per heavy atom. The number of fused-ring (bicyclic) bond motifs is 1. The molecule has 0 amide bonds. The van der Waals surface area contributed by atoms with Crippen LogP contribution in [0.5, 0.6) is 17.2 Å². The maximum Gasteiger partial charge on any atom is 0.231 e. The van der Waals surface area contributed by atoms with Gasteiger partial charge in [0.1, 0.15) is 17.2 Å². The summed E-state index contributed by atoms with van der Waals surface area (Å²) in [6, 6.07) is 10.7. The molecule has 0 aromatic heterocycles. The van der Waals surface area contributed by atoms with Gasteiger partial charge >= 0.3 is 0 Å². The Hall–Kier alpha value is -3.05. The summed E-state index contributed by atoms with van der Waals surface area (Å²) in [5.41, 5.74) is 1.98. The molecule has 0 saturated heterocycles. The minimum atomic E-state index is -0.190. The summed E-state index contributed by atoms with van der Waals surface area (Å²) in [4.78, 5) is 14.5. The number of carbonyl (C=O) groups excluding carboxylic acids is 1. The minimum absolute atomic E-state index is 0.121. The zero-order valence-electron chi connectivity index (χ0n) is 15.0. The maximum absolute atomic E-state index is 12.6. The fraction of sp³-hybridized carbons (Fsp3) is 0.190. The summed E-state index contributed by atoms with van der Waals surface area (Å²) >= 11 is 0. The summed E-state index contributed by atoms with van der Waals surface area (Å²) in [5.74, 6) is 1.35. The van der Waals surface area contributed by atoms with Crippen molar-refractivity contribution in [3.63, 3.8) is 0 Å². The molecule has 0 aliphatic carbocycles. The monoisotopic (exact) mass is 351 g/mol. The molecule has 5 nitrogen and oxygen atoms in total. The van der Waals surface area contributed by atoms with Crippen LogP contribution in [0.1, 0.15) is 21.5 Å². The molecule has 0 saturated carbocycles. The second kappa shape index (κ2) is 7.45.